The lowest BCUT2D eigenvalue weighted by molar-refractivity contribution is 0.606. The second-order valence-corrected chi connectivity index (χ2v) is 2.21. The lowest BCUT2D eigenvalue weighted by Gasteiger charge is -2.13. The molecule has 0 unspecified atom stereocenters. The summed E-state index contributed by atoms with van der Waals surface area (Å²) in [5.74, 6) is 0. The number of nitrogens with one attached hydrogen (secondary N) is 1. The van der Waals surface area contributed by atoms with E-state index in [4.69, 9.17) is 11.5 Å². The van der Waals surface area contributed by atoms with Crippen LogP contribution in [0.2, 0.25) is 0 Å². The summed E-state index contributed by atoms with van der Waals surface area (Å²) in [6, 6.07) is 1.31. The molecule has 0 aliphatic heterocycles. The molecule has 0 atom stereocenters. The van der Waals surface area contributed by atoms with E-state index in [1.165, 1.54) is 6.04 Å². The Balaban J connectivity index is 3.21. The van der Waals surface area contributed by atoms with Crippen LogP contribution in [0.15, 0.2) is 0 Å². The van der Waals surface area contributed by atoms with Crippen LogP contribution < -0.4 is 16.8 Å². The molecule has 3 nitrogen and oxygen atoms in total. The van der Waals surface area contributed by atoms with Gasteiger partial charge in [0.05, 0.1) is 0 Å². The van der Waals surface area contributed by atoms with E-state index < -0.39 is 0 Å². The van der Waals surface area contributed by atoms with Gasteiger partial charge in [0.15, 0.2) is 0 Å². The van der Waals surface area contributed by atoms with Crippen molar-refractivity contribution < 1.29 is 0 Å². The molecule has 0 aliphatic carbocycles. The monoisotopic (exact) mass is 144 g/mol. The third-order valence-corrected chi connectivity index (χ3v) is 1.39. The molecular weight excluding hydrogens is 126 g/mol. The molecule has 3 heteroatoms. The van der Waals surface area contributed by atoms with Crippen molar-refractivity contribution in [1.82, 2.24) is 5.32 Å². The first-order valence-electron chi connectivity index (χ1n) is 3.83. The second kappa shape index (κ2) is 6.99. The fraction of sp³-hybridized carbons (Fsp3) is 0.857. The van der Waals surface area contributed by atoms with Gasteiger partial charge in [-0.25, -0.2) is 0 Å². The molecule has 0 saturated heterocycles. The molecule has 0 aliphatic rings. The Morgan fingerprint density at radius 3 is 2.40 bits per heavy atom. The summed E-state index contributed by atoms with van der Waals surface area (Å²) < 4.78 is 0. The van der Waals surface area contributed by atoms with Crippen molar-refractivity contribution in [2.24, 2.45) is 11.5 Å². The van der Waals surface area contributed by atoms with Crippen molar-refractivity contribution >= 4 is 0 Å². The number of hydrogen-bond donors (Lipinski definition) is 3. The highest BCUT2D eigenvalue weighted by molar-refractivity contribution is 4.84. The molecule has 61 valence electrons. The predicted octanol–water partition coefficient (Wildman–Crippen LogP) is -0.175. The van der Waals surface area contributed by atoms with Crippen LogP contribution in [-0.4, -0.2) is 19.6 Å². The SMILES string of the molecule is CC[C](CCN)NCCN. The first-order chi connectivity index (χ1) is 4.85. The normalized spacial score (nSPS) is 10.8. The summed E-state index contributed by atoms with van der Waals surface area (Å²) in [5.41, 5.74) is 10.7. The van der Waals surface area contributed by atoms with Gasteiger partial charge < -0.3 is 16.8 Å². The Labute approximate surface area is 63.2 Å². The van der Waals surface area contributed by atoms with E-state index >= 15 is 0 Å². The minimum absolute atomic E-state index is 0.689. The van der Waals surface area contributed by atoms with Crippen molar-refractivity contribution in [2.45, 2.75) is 19.8 Å². The van der Waals surface area contributed by atoms with Gasteiger partial charge in [0.25, 0.3) is 0 Å². The summed E-state index contributed by atoms with van der Waals surface area (Å²) in [4.78, 5) is 0. The highest BCUT2D eigenvalue weighted by Gasteiger charge is 2.02. The molecule has 0 saturated carbocycles. The summed E-state index contributed by atoms with van der Waals surface area (Å²) in [7, 11) is 0. The molecule has 0 bridgehead atoms. The zero-order valence-corrected chi connectivity index (χ0v) is 6.69. The molecule has 10 heavy (non-hydrogen) atoms. The maximum Gasteiger partial charge on any atom is 0.0374 e. The van der Waals surface area contributed by atoms with E-state index in [9.17, 15) is 0 Å². The van der Waals surface area contributed by atoms with E-state index in [0.29, 0.717) is 6.54 Å². The molecule has 0 amide bonds. The molecule has 0 rings (SSSR count). The first-order valence-corrected chi connectivity index (χ1v) is 3.83. The summed E-state index contributed by atoms with van der Waals surface area (Å²) >= 11 is 0. The molecule has 5 N–H and O–H groups in total. The van der Waals surface area contributed by atoms with E-state index in [-0.39, 0.29) is 0 Å². The number of rotatable bonds is 6. The van der Waals surface area contributed by atoms with Crippen LogP contribution in [0.25, 0.3) is 0 Å². The van der Waals surface area contributed by atoms with Crippen LogP contribution in [-0.2, 0) is 0 Å². The maximum absolute atomic E-state index is 5.38. The van der Waals surface area contributed by atoms with Gasteiger partial charge in [-0.05, 0) is 19.4 Å². The average Bonchev–Trinajstić information content (AvgIpc) is 1.98. The zero-order valence-electron chi connectivity index (χ0n) is 6.69. The number of nitrogens with two attached hydrogens (primary N) is 2. The van der Waals surface area contributed by atoms with E-state index in [1.807, 2.05) is 0 Å². The fourth-order valence-electron chi connectivity index (χ4n) is 0.813. The molecule has 0 aromatic heterocycles. The first kappa shape index (κ1) is 9.88. The predicted molar refractivity (Wildman–Crippen MR) is 44.3 cm³/mol. The van der Waals surface area contributed by atoms with Gasteiger partial charge in [0, 0.05) is 19.1 Å². The van der Waals surface area contributed by atoms with Crippen molar-refractivity contribution in [1.29, 1.82) is 0 Å². The Bertz CT molecular complexity index is 65.9. The molecule has 0 heterocycles. The van der Waals surface area contributed by atoms with Crippen LogP contribution in [0.3, 0.4) is 0 Å². The Kier molecular flexibility index (Phi) is 6.91. The minimum atomic E-state index is 0.689. The van der Waals surface area contributed by atoms with Gasteiger partial charge in [-0.2, -0.15) is 0 Å². The summed E-state index contributed by atoms with van der Waals surface area (Å²) in [6.45, 7) is 4.40. The van der Waals surface area contributed by atoms with Crippen LogP contribution in [0.4, 0.5) is 0 Å². The second-order valence-electron chi connectivity index (χ2n) is 2.21. The van der Waals surface area contributed by atoms with Crippen LogP contribution in [0.1, 0.15) is 19.8 Å². The topological polar surface area (TPSA) is 64.1 Å². The Hall–Kier alpha value is -0.120. The fourth-order valence-corrected chi connectivity index (χ4v) is 0.813. The zero-order chi connectivity index (χ0) is 7.82. The summed E-state index contributed by atoms with van der Waals surface area (Å²) in [5, 5.41) is 3.23. The maximum atomic E-state index is 5.38. The molecule has 0 spiro atoms. The number of hydrogen-bond acceptors (Lipinski definition) is 3. The molecule has 0 fully saturated rings. The molecule has 0 aromatic carbocycles. The van der Waals surface area contributed by atoms with Gasteiger partial charge in [0.2, 0.25) is 0 Å². The Morgan fingerprint density at radius 2 is 2.00 bits per heavy atom. The van der Waals surface area contributed by atoms with E-state index in [2.05, 4.69) is 12.2 Å². The van der Waals surface area contributed by atoms with Crippen molar-refractivity contribution in [2.75, 3.05) is 19.6 Å². The highest BCUT2D eigenvalue weighted by Crippen LogP contribution is 2.03. The van der Waals surface area contributed by atoms with Crippen molar-refractivity contribution in [3.63, 3.8) is 0 Å². The third-order valence-electron chi connectivity index (χ3n) is 1.39. The third kappa shape index (κ3) is 4.73. The quantitative estimate of drug-likeness (QED) is 0.485. The average molecular weight is 144 g/mol. The van der Waals surface area contributed by atoms with E-state index in [0.717, 1.165) is 25.9 Å². The van der Waals surface area contributed by atoms with Crippen LogP contribution in [0, 0.1) is 6.04 Å². The largest absolute Gasteiger partial charge is 0.330 e. The van der Waals surface area contributed by atoms with Gasteiger partial charge in [0.1, 0.15) is 0 Å². The Morgan fingerprint density at radius 1 is 1.30 bits per heavy atom. The minimum Gasteiger partial charge on any atom is -0.330 e. The molecule has 0 aromatic rings. The molecular formula is C7H18N3. The van der Waals surface area contributed by atoms with Crippen molar-refractivity contribution in [3.05, 3.63) is 6.04 Å². The smallest absolute Gasteiger partial charge is 0.0374 e. The van der Waals surface area contributed by atoms with E-state index in [1.54, 1.807) is 0 Å². The van der Waals surface area contributed by atoms with Crippen molar-refractivity contribution in [3.8, 4) is 0 Å². The highest BCUT2D eigenvalue weighted by atomic mass is 14.9. The standard InChI is InChI=1S/C7H18N3/c1-2-7(3-4-8)10-6-5-9/h10H,2-6,8-9H2,1H3. The van der Waals surface area contributed by atoms with Gasteiger partial charge in [-0.1, -0.05) is 6.92 Å². The lowest BCUT2D eigenvalue weighted by Crippen LogP contribution is -2.28. The van der Waals surface area contributed by atoms with Gasteiger partial charge in [-0.15, -0.1) is 0 Å². The molecule has 1 radical (unpaired) electrons. The lowest BCUT2D eigenvalue weighted by atomic mass is 10.1. The van der Waals surface area contributed by atoms with Gasteiger partial charge >= 0.3 is 0 Å². The van der Waals surface area contributed by atoms with Crippen LogP contribution in [0.5, 0.6) is 0 Å². The van der Waals surface area contributed by atoms with Crippen LogP contribution >= 0.6 is 0 Å². The summed E-state index contributed by atoms with van der Waals surface area (Å²) in [6.07, 6.45) is 2.02. The van der Waals surface area contributed by atoms with Gasteiger partial charge in [-0.3, -0.25) is 0 Å².